The van der Waals surface area contributed by atoms with E-state index in [0.717, 1.165) is 102 Å². The SMILES string of the molecule is Cc1c(Cl)cc(Br)cc1/C=N/Nc1ncc(F)c(N2CCOCC2)n1.Cc1c(Cl)cc(Br)cc1/C=N\Nc1ncc(F)c(N2CCOCC2)n1.Cc1cccc(/C=N/Nc2ncc(F)c(N3CCOCC3)n2)c1.Cc1ccccc1/C=N/Nc1ncc(F)c(N2CCOCC2)n1.Cc1ccccc1/C=N\Nc1ncc(F)c(N2CCOCC2)n1.Oc1c(Cl)cc(Br)cc1/C=N\Nc1ncc(F)c(N2CCOCC2)n1. The van der Waals surface area contributed by atoms with Gasteiger partial charge in [-0.3, -0.25) is 0 Å². The van der Waals surface area contributed by atoms with Crippen LogP contribution in [0.5, 0.6) is 5.75 Å². The lowest BCUT2D eigenvalue weighted by molar-refractivity contribution is 0.122. The maximum absolute atomic E-state index is 14.0. The minimum absolute atomic E-state index is 0.0931. The van der Waals surface area contributed by atoms with Crippen LogP contribution in [-0.2, 0) is 28.4 Å². The monoisotopic (exact) mass is 2230 g/mol. The molecule has 0 atom stereocenters. The Hall–Kier alpha value is -13.1. The molecule has 6 aromatic carbocycles. The number of hydrogen-bond donors (Lipinski definition) is 7. The van der Waals surface area contributed by atoms with E-state index in [-0.39, 0.29) is 81.4 Å². The molecule has 144 heavy (non-hydrogen) atoms. The molecule has 12 heterocycles. The fourth-order valence-corrected chi connectivity index (χ4v) is 16.4. The normalized spacial score (nSPS) is 15.0. The lowest BCUT2D eigenvalue weighted by Crippen LogP contribution is -2.37. The number of anilines is 12. The summed E-state index contributed by atoms with van der Waals surface area (Å²) >= 11 is 28.3. The van der Waals surface area contributed by atoms with Crippen LogP contribution in [0.4, 0.5) is 96.9 Å². The van der Waals surface area contributed by atoms with E-state index in [1.165, 1.54) is 6.21 Å². The molecular formula is C95H100Br3Cl3F6N30O7. The van der Waals surface area contributed by atoms with Gasteiger partial charge in [0.25, 0.3) is 0 Å². The van der Waals surface area contributed by atoms with Crippen LogP contribution < -0.4 is 62.0 Å². The third kappa shape index (κ3) is 33.0. The van der Waals surface area contributed by atoms with Crippen molar-refractivity contribution in [1.29, 1.82) is 0 Å². The van der Waals surface area contributed by atoms with Crippen molar-refractivity contribution in [2.75, 3.05) is 220 Å². The lowest BCUT2D eigenvalue weighted by atomic mass is 10.1. The van der Waals surface area contributed by atoms with E-state index >= 15 is 0 Å². The van der Waals surface area contributed by atoms with Crippen LogP contribution in [0.25, 0.3) is 0 Å². The second-order valence-electron chi connectivity index (χ2n) is 31.7. The lowest BCUT2D eigenvalue weighted by Gasteiger charge is -2.27. The number of benzene rings is 6. The maximum Gasteiger partial charge on any atom is 0.245 e. The van der Waals surface area contributed by atoms with Gasteiger partial charge >= 0.3 is 0 Å². The van der Waals surface area contributed by atoms with Crippen molar-refractivity contribution in [3.63, 3.8) is 0 Å². The summed E-state index contributed by atoms with van der Waals surface area (Å²) < 4.78 is 118. The summed E-state index contributed by atoms with van der Waals surface area (Å²) in [6.45, 7) is 23.6. The summed E-state index contributed by atoms with van der Waals surface area (Å²) in [5.74, 6) is 0.0166. The van der Waals surface area contributed by atoms with Gasteiger partial charge in [0.15, 0.2) is 69.8 Å². The summed E-state index contributed by atoms with van der Waals surface area (Å²) in [5.41, 5.74) is 26.6. The number of aromatic nitrogens is 12. The maximum atomic E-state index is 14.0. The summed E-state index contributed by atoms with van der Waals surface area (Å²) in [6.07, 6.45) is 16.5. The number of ether oxygens (including phenoxy) is 6. The molecule has 0 spiro atoms. The minimum Gasteiger partial charge on any atom is -0.506 e. The Morgan fingerprint density at radius 1 is 0.299 bits per heavy atom. The molecule has 7 N–H and O–H groups in total. The van der Waals surface area contributed by atoms with E-state index in [1.54, 1.807) is 48.1 Å². The van der Waals surface area contributed by atoms with Gasteiger partial charge < -0.3 is 62.9 Å². The highest BCUT2D eigenvalue weighted by atomic mass is 79.9. The zero-order valence-corrected chi connectivity index (χ0v) is 85.5. The van der Waals surface area contributed by atoms with Gasteiger partial charge in [-0.05, 0) is 110 Å². The molecule has 37 nitrogen and oxygen atoms in total. The Bertz CT molecular complexity index is 6040. The van der Waals surface area contributed by atoms with Crippen LogP contribution in [-0.4, -0.2) is 260 Å². The van der Waals surface area contributed by atoms with Crippen LogP contribution >= 0.6 is 82.6 Å². The average Bonchev–Trinajstić information content (AvgIpc) is 0.840. The number of rotatable bonds is 24. The average molecular weight is 2230 g/mol. The fraction of sp³-hybridized carbons (Fsp3) is 0.305. The van der Waals surface area contributed by atoms with Gasteiger partial charge in [-0.2, -0.15) is 60.5 Å². The molecule has 6 aliphatic rings. The van der Waals surface area contributed by atoms with Crippen LogP contribution in [0.1, 0.15) is 61.2 Å². The van der Waals surface area contributed by atoms with E-state index in [4.69, 9.17) is 63.2 Å². The van der Waals surface area contributed by atoms with Gasteiger partial charge in [-0.1, -0.05) is 161 Å². The van der Waals surface area contributed by atoms with E-state index in [2.05, 4.69) is 171 Å². The predicted octanol–water partition coefficient (Wildman–Crippen LogP) is 16.9. The summed E-state index contributed by atoms with van der Waals surface area (Å²) in [5, 5.41) is 35.9. The van der Waals surface area contributed by atoms with Crippen molar-refractivity contribution >= 4 is 190 Å². The Morgan fingerprint density at radius 3 is 0.799 bits per heavy atom. The number of nitrogens with zero attached hydrogens (tertiary/aromatic N) is 24. The van der Waals surface area contributed by atoms with Crippen LogP contribution in [0.15, 0.2) is 190 Å². The zero-order chi connectivity index (χ0) is 102. The van der Waals surface area contributed by atoms with Crippen molar-refractivity contribution in [3.8, 4) is 5.75 Å². The van der Waals surface area contributed by atoms with Crippen LogP contribution in [0.3, 0.4) is 0 Å². The fourth-order valence-electron chi connectivity index (χ4n) is 13.9. The highest BCUT2D eigenvalue weighted by Gasteiger charge is 2.26. The van der Waals surface area contributed by atoms with E-state index < -0.39 is 34.9 Å². The van der Waals surface area contributed by atoms with Crippen molar-refractivity contribution in [2.45, 2.75) is 34.6 Å². The van der Waals surface area contributed by atoms with Crippen LogP contribution in [0, 0.1) is 69.5 Å². The van der Waals surface area contributed by atoms with Crippen molar-refractivity contribution in [1.82, 2.24) is 59.8 Å². The number of aryl methyl sites for hydroxylation is 3. The third-order valence-electron chi connectivity index (χ3n) is 21.6. The molecule has 49 heteroatoms. The Morgan fingerprint density at radius 2 is 0.535 bits per heavy atom. The molecule has 12 aromatic rings. The molecule has 0 amide bonds. The smallest absolute Gasteiger partial charge is 0.245 e. The Kier molecular flexibility index (Phi) is 41.8. The first-order chi connectivity index (χ1) is 69.8. The Balaban J connectivity index is 0.000000145. The minimum atomic E-state index is -0.507. The molecule has 756 valence electrons. The van der Waals surface area contributed by atoms with Crippen molar-refractivity contribution in [2.24, 2.45) is 30.6 Å². The number of aromatic hydroxyl groups is 1. The van der Waals surface area contributed by atoms with Gasteiger partial charge in [-0.25, -0.2) is 88.8 Å². The first kappa shape index (κ1) is 108. The molecule has 0 saturated carbocycles. The number of nitrogens with one attached hydrogen (secondary N) is 6. The topological polar surface area (TPSA) is 396 Å². The molecule has 6 aromatic heterocycles. The van der Waals surface area contributed by atoms with E-state index in [1.807, 2.05) is 156 Å². The molecule has 6 fully saturated rings. The molecule has 0 radical (unpaired) electrons. The number of halogens is 12. The number of phenols is 1. The molecule has 0 bridgehead atoms. The van der Waals surface area contributed by atoms with E-state index in [0.29, 0.717) is 178 Å². The standard InChI is InChI=1S/2C16H16BrClFN5O.3C16H18FN5O.C15H14BrClFN5O2/c2*1-10-11(6-12(17)7-13(10)18)8-21-23-16-20-9-14(19)15(22-16)24-2-4-25-5-3-24;1-12-3-2-4-13(9-12)10-19-21-16-18-11-14(17)15(20-16)22-5-7-23-8-6-22;2*1-12-4-2-3-5-13(12)10-19-21-16-18-11-14(17)15(20-16)22-6-8-23-9-7-22;16-10-5-9(13(24)11(17)6-10)7-20-22-15-19-8-12(18)14(21-15)23-1-3-25-4-2-23/h2*6-9H,2-5H2,1H3,(H,20,22,23);2-4,9-11H,5-8H2,1H3,(H,18,20,21);2*2-5,10-11H,6-9H2,1H3,(H,18,20,21);5-8,24H,1-4H2,(H,19,21,22)/b21-8+;21-8-;2*19-10+;19-10-;20-7-. The van der Waals surface area contributed by atoms with Crippen molar-refractivity contribution < 1.29 is 59.9 Å². The first-order valence-corrected chi connectivity index (χ1v) is 48.5. The number of hydrogen-bond acceptors (Lipinski definition) is 37. The van der Waals surface area contributed by atoms with E-state index in [9.17, 15) is 31.4 Å². The predicted molar refractivity (Wildman–Crippen MR) is 560 cm³/mol. The number of morpholine rings is 6. The third-order valence-corrected chi connectivity index (χ3v) is 24.1. The number of phenolic OH excluding ortho intramolecular Hbond substituents is 1. The van der Waals surface area contributed by atoms with Gasteiger partial charge in [-0.15, -0.1) is 0 Å². The van der Waals surface area contributed by atoms with Gasteiger partial charge in [0.05, 0.1) is 159 Å². The highest BCUT2D eigenvalue weighted by molar-refractivity contribution is 9.11. The Labute approximate surface area is 865 Å². The van der Waals surface area contributed by atoms with Gasteiger partial charge in [0.2, 0.25) is 35.7 Å². The van der Waals surface area contributed by atoms with Gasteiger partial charge in [0, 0.05) is 119 Å². The zero-order valence-electron chi connectivity index (χ0n) is 78.5. The van der Waals surface area contributed by atoms with Crippen molar-refractivity contribution in [3.05, 3.63) is 271 Å². The molecule has 18 rings (SSSR count). The largest absolute Gasteiger partial charge is 0.506 e. The second kappa shape index (κ2) is 55.6. The molecule has 0 aliphatic carbocycles. The summed E-state index contributed by atoms with van der Waals surface area (Å²) in [4.78, 5) is 59.6. The summed E-state index contributed by atoms with van der Waals surface area (Å²) in [7, 11) is 0. The summed E-state index contributed by atoms with van der Waals surface area (Å²) in [6, 6.07) is 34.4. The number of hydrazone groups is 6. The molecule has 6 aliphatic heterocycles. The molecule has 6 saturated heterocycles. The molecule has 0 unspecified atom stereocenters. The van der Waals surface area contributed by atoms with Gasteiger partial charge in [0.1, 0.15) is 5.75 Å². The highest BCUT2D eigenvalue weighted by Crippen LogP contribution is 2.33. The quantitative estimate of drug-likeness (QED) is 0.0168. The second-order valence-corrected chi connectivity index (χ2v) is 35.6. The molecular weight excluding hydrogens is 2130 g/mol. The van der Waals surface area contributed by atoms with Crippen LogP contribution in [0.2, 0.25) is 15.1 Å². The first-order valence-electron chi connectivity index (χ1n) is 45.0.